The molecule has 0 radical (unpaired) electrons. The van der Waals surface area contributed by atoms with Gasteiger partial charge >= 0.3 is 6.03 Å². The average Bonchev–Trinajstić information content (AvgIpc) is 2.55. The first-order valence-corrected chi connectivity index (χ1v) is 7.02. The van der Waals surface area contributed by atoms with E-state index in [1.165, 1.54) is 31.2 Å². The number of urea groups is 1. The van der Waals surface area contributed by atoms with Crippen molar-refractivity contribution >= 4 is 23.3 Å². The van der Waals surface area contributed by atoms with Crippen LogP contribution in [0.25, 0.3) is 0 Å². The molecule has 8 heteroatoms. The van der Waals surface area contributed by atoms with Crippen molar-refractivity contribution in [3.63, 3.8) is 0 Å². The van der Waals surface area contributed by atoms with Gasteiger partial charge in [-0.3, -0.25) is 14.9 Å². The van der Waals surface area contributed by atoms with Gasteiger partial charge in [0, 0.05) is 17.8 Å². The molecular weight excluding hydrogens is 312 g/mol. The number of nitrogens with two attached hydrogens (primary N) is 1. The van der Waals surface area contributed by atoms with Gasteiger partial charge in [0.25, 0.3) is 5.69 Å². The van der Waals surface area contributed by atoms with Gasteiger partial charge in [-0.1, -0.05) is 36.4 Å². The van der Waals surface area contributed by atoms with Crippen molar-refractivity contribution in [2.24, 2.45) is 5.73 Å². The van der Waals surface area contributed by atoms with E-state index in [-0.39, 0.29) is 11.4 Å². The molecule has 0 aliphatic heterocycles. The van der Waals surface area contributed by atoms with Crippen molar-refractivity contribution in [3.05, 3.63) is 70.3 Å². The van der Waals surface area contributed by atoms with Crippen LogP contribution < -0.4 is 16.4 Å². The van der Waals surface area contributed by atoms with Gasteiger partial charge in [0.2, 0.25) is 5.91 Å². The molecule has 0 fully saturated rings. The van der Waals surface area contributed by atoms with E-state index >= 15 is 0 Å². The van der Waals surface area contributed by atoms with E-state index < -0.39 is 22.4 Å². The molecule has 4 N–H and O–H groups in total. The summed E-state index contributed by atoms with van der Waals surface area (Å²) in [5.41, 5.74) is 4.60. The van der Waals surface area contributed by atoms with Crippen molar-refractivity contribution < 1.29 is 14.5 Å². The summed E-state index contributed by atoms with van der Waals surface area (Å²) in [6.45, 7) is 1.48. The number of non-ortho nitro benzene ring substituents is 1. The van der Waals surface area contributed by atoms with E-state index in [0.717, 1.165) is 0 Å². The first-order chi connectivity index (χ1) is 11.3. The predicted molar refractivity (Wildman–Crippen MR) is 88.2 cm³/mol. The summed E-state index contributed by atoms with van der Waals surface area (Å²) in [4.78, 5) is 34.2. The molecule has 0 saturated heterocycles. The first kappa shape index (κ1) is 16.9. The summed E-state index contributed by atoms with van der Waals surface area (Å²) in [5.74, 6) is -0.733. The lowest BCUT2D eigenvalue weighted by atomic mass is 9.91. The maximum Gasteiger partial charge on any atom is 0.320 e. The second-order valence-corrected chi connectivity index (χ2v) is 5.24. The number of nitrogens with zero attached hydrogens (tertiary/aromatic N) is 1. The number of rotatable bonds is 5. The van der Waals surface area contributed by atoms with Gasteiger partial charge in [0.1, 0.15) is 5.54 Å². The molecule has 0 bridgehead atoms. The van der Waals surface area contributed by atoms with Crippen LogP contribution >= 0.6 is 0 Å². The Balaban J connectivity index is 2.19. The SMILES string of the molecule is C[C@](NC(=O)Nc1cccc([N+](=O)[O-])c1)(C(N)=O)c1ccccc1. The number of hydrogen-bond donors (Lipinski definition) is 3. The minimum Gasteiger partial charge on any atom is -0.367 e. The fourth-order valence-electron chi connectivity index (χ4n) is 2.13. The van der Waals surface area contributed by atoms with Crippen LogP contribution in [0.3, 0.4) is 0 Å². The molecular formula is C16H16N4O4. The lowest BCUT2D eigenvalue weighted by molar-refractivity contribution is -0.384. The Morgan fingerprint density at radius 1 is 1.12 bits per heavy atom. The van der Waals surface area contributed by atoms with Gasteiger partial charge in [-0.15, -0.1) is 0 Å². The van der Waals surface area contributed by atoms with Gasteiger partial charge < -0.3 is 16.4 Å². The molecule has 0 aromatic heterocycles. The summed E-state index contributed by atoms with van der Waals surface area (Å²) in [6.07, 6.45) is 0. The minimum atomic E-state index is -1.42. The van der Waals surface area contributed by atoms with E-state index in [1.54, 1.807) is 30.3 Å². The quantitative estimate of drug-likeness (QED) is 0.573. The van der Waals surface area contributed by atoms with Crippen molar-refractivity contribution in [2.45, 2.75) is 12.5 Å². The highest BCUT2D eigenvalue weighted by molar-refractivity contribution is 5.96. The zero-order valence-corrected chi connectivity index (χ0v) is 12.9. The van der Waals surface area contributed by atoms with Crippen LogP contribution in [0.4, 0.5) is 16.2 Å². The van der Waals surface area contributed by atoms with E-state index in [1.807, 2.05) is 0 Å². The number of nitro groups is 1. The van der Waals surface area contributed by atoms with Gasteiger partial charge in [0.05, 0.1) is 4.92 Å². The van der Waals surface area contributed by atoms with Crippen molar-refractivity contribution in [1.29, 1.82) is 0 Å². The number of nitro benzene ring substituents is 1. The molecule has 124 valence electrons. The number of nitrogens with one attached hydrogen (secondary N) is 2. The smallest absolute Gasteiger partial charge is 0.320 e. The number of carbonyl (C=O) groups is 2. The summed E-state index contributed by atoms with van der Waals surface area (Å²) in [6, 6.07) is 13.3. The summed E-state index contributed by atoms with van der Waals surface area (Å²) < 4.78 is 0. The first-order valence-electron chi connectivity index (χ1n) is 7.02. The molecule has 24 heavy (non-hydrogen) atoms. The Morgan fingerprint density at radius 3 is 2.38 bits per heavy atom. The van der Waals surface area contributed by atoms with Gasteiger partial charge in [0.15, 0.2) is 0 Å². The zero-order chi connectivity index (χ0) is 17.7. The Kier molecular flexibility index (Phi) is 4.78. The molecule has 2 aromatic rings. The molecule has 0 spiro atoms. The largest absolute Gasteiger partial charge is 0.367 e. The van der Waals surface area contributed by atoms with E-state index in [9.17, 15) is 19.7 Å². The van der Waals surface area contributed by atoms with Crippen LogP contribution in [-0.2, 0) is 10.3 Å². The second-order valence-electron chi connectivity index (χ2n) is 5.24. The van der Waals surface area contributed by atoms with Crippen molar-refractivity contribution in [1.82, 2.24) is 5.32 Å². The summed E-state index contributed by atoms with van der Waals surface area (Å²) in [5, 5.41) is 15.7. The number of primary amides is 1. The Bertz CT molecular complexity index is 779. The molecule has 0 saturated carbocycles. The predicted octanol–water partition coefficient (Wildman–Crippen LogP) is 2.12. The maximum absolute atomic E-state index is 12.2. The number of hydrogen-bond acceptors (Lipinski definition) is 4. The van der Waals surface area contributed by atoms with Crippen molar-refractivity contribution in [3.8, 4) is 0 Å². The van der Waals surface area contributed by atoms with Crippen LogP contribution in [0.5, 0.6) is 0 Å². The minimum absolute atomic E-state index is 0.159. The fourth-order valence-corrected chi connectivity index (χ4v) is 2.13. The molecule has 8 nitrogen and oxygen atoms in total. The Hall–Kier alpha value is -3.42. The van der Waals surface area contributed by atoms with Crippen LogP contribution in [0.15, 0.2) is 54.6 Å². The highest BCUT2D eigenvalue weighted by Crippen LogP contribution is 2.21. The molecule has 0 aliphatic rings. The third-order valence-electron chi connectivity index (χ3n) is 3.52. The third-order valence-corrected chi connectivity index (χ3v) is 3.52. The molecule has 3 amide bonds. The fraction of sp³-hybridized carbons (Fsp3) is 0.125. The normalized spacial score (nSPS) is 12.7. The monoisotopic (exact) mass is 328 g/mol. The third kappa shape index (κ3) is 3.67. The average molecular weight is 328 g/mol. The summed E-state index contributed by atoms with van der Waals surface area (Å²) >= 11 is 0. The van der Waals surface area contributed by atoms with Gasteiger partial charge in [-0.2, -0.15) is 0 Å². The van der Waals surface area contributed by atoms with Crippen LogP contribution in [-0.4, -0.2) is 16.9 Å². The van der Waals surface area contributed by atoms with E-state index in [4.69, 9.17) is 5.73 Å². The van der Waals surface area contributed by atoms with E-state index in [2.05, 4.69) is 10.6 Å². The highest BCUT2D eigenvalue weighted by Gasteiger charge is 2.34. The number of carbonyl (C=O) groups excluding carboxylic acids is 2. The number of anilines is 1. The lowest BCUT2D eigenvalue weighted by Crippen LogP contribution is -2.53. The van der Waals surface area contributed by atoms with Gasteiger partial charge in [-0.05, 0) is 18.6 Å². The van der Waals surface area contributed by atoms with Crippen LogP contribution in [0, 0.1) is 10.1 Å². The Labute approximate surface area is 137 Å². The maximum atomic E-state index is 12.2. The molecule has 0 unspecified atom stereocenters. The molecule has 2 aromatic carbocycles. The van der Waals surface area contributed by atoms with Crippen LogP contribution in [0.2, 0.25) is 0 Å². The van der Waals surface area contributed by atoms with E-state index in [0.29, 0.717) is 5.56 Å². The standard InChI is InChI=1S/C16H16N4O4/c1-16(14(17)21,11-6-3-2-4-7-11)19-15(22)18-12-8-5-9-13(10-12)20(23)24/h2-10H,1H3,(H2,17,21)(H2,18,19,22)/t16-/m1/s1. The molecule has 0 heterocycles. The molecule has 1 atom stereocenters. The Morgan fingerprint density at radius 2 is 1.79 bits per heavy atom. The topological polar surface area (TPSA) is 127 Å². The molecule has 2 rings (SSSR count). The number of amides is 3. The highest BCUT2D eigenvalue weighted by atomic mass is 16.6. The van der Waals surface area contributed by atoms with Crippen LogP contribution in [0.1, 0.15) is 12.5 Å². The zero-order valence-electron chi connectivity index (χ0n) is 12.9. The van der Waals surface area contributed by atoms with Crippen molar-refractivity contribution in [2.75, 3.05) is 5.32 Å². The molecule has 0 aliphatic carbocycles. The number of benzene rings is 2. The van der Waals surface area contributed by atoms with Gasteiger partial charge in [-0.25, -0.2) is 4.79 Å². The second kappa shape index (κ2) is 6.78. The summed E-state index contributed by atoms with van der Waals surface area (Å²) in [7, 11) is 0. The lowest BCUT2D eigenvalue weighted by Gasteiger charge is -2.28.